The van der Waals surface area contributed by atoms with E-state index < -0.39 is 12.6 Å². The molecule has 0 aliphatic carbocycles. The molecule has 4 rings (SSSR count). The summed E-state index contributed by atoms with van der Waals surface area (Å²) in [6.45, 7) is 1.40. The molecular weight excluding hydrogens is 427 g/mol. The predicted molar refractivity (Wildman–Crippen MR) is 110 cm³/mol. The zero-order valence-corrected chi connectivity index (χ0v) is 17.1. The van der Waals surface area contributed by atoms with Crippen LogP contribution >= 0.6 is 11.6 Å². The molecule has 0 saturated heterocycles. The fraction of sp³-hybridized carbons (Fsp3) is 0.136. The second-order valence-electron chi connectivity index (χ2n) is 6.61. The Morgan fingerprint density at radius 2 is 1.94 bits per heavy atom. The second kappa shape index (κ2) is 8.61. The highest BCUT2D eigenvalue weighted by Crippen LogP contribution is 2.32. The monoisotopic (exact) mass is 442 g/mol. The molecule has 2 heterocycles. The van der Waals surface area contributed by atoms with E-state index >= 15 is 0 Å². The van der Waals surface area contributed by atoms with Crippen LogP contribution < -0.4 is 9.47 Å². The van der Waals surface area contributed by atoms with Crippen molar-refractivity contribution in [3.63, 3.8) is 0 Å². The molecule has 0 radical (unpaired) electrons. The molecule has 1 aliphatic rings. The van der Waals surface area contributed by atoms with Crippen molar-refractivity contribution in [2.75, 3.05) is 13.4 Å². The average molecular weight is 443 g/mol. The van der Waals surface area contributed by atoms with Gasteiger partial charge in [0.1, 0.15) is 11.0 Å². The molecule has 3 aromatic rings. The zero-order chi connectivity index (χ0) is 22.0. The first-order valence-electron chi connectivity index (χ1n) is 9.21. The van der Waals surface area contributed by atoms with Crippen molar-refractivity contribution in [2.24, 2.45) is 0 Å². The van der Waals surface area contributed by atoms with E-state index in [1.165, 1.54) is 35.0 Å². The quantitative estimate of drug-likeness (QED) is 0.324. The first kappa shape index (κ1) is 20.6. The van der Waals surface area contributed by atoms with Crippen molar-refractivity contribution >= 4 is 29.4 Å². The third kappa shape index (κ3) is 4.44. The van der Waals surface area contributed by atoms with E-state index in [4.69, 9.17) is 25.8 Å². The van der Waals surface area contributed by atoms with Gasteiger partial charge < -0.3 is 14.2 Å². The number of halogens is 2. The molecule has 2 aromatic carbocycles. The van der Waals surface area contributed by atoms with Crippen molar-refractivity contribution in [1.82, 2.24) is 9.78 Å². The van der Waals surface area contributed by atoms with Gasteiger partial charge in [0.2, 0.25) is 6.79 Å². The number of carbonyl (C=O) groups excluding carboxylic acids is 2. The normalized spacial score (nSPS) is 12.4. The summed E-state index contributed by atoms with van der Waals surface area (Å²) in [7, 11) is 0. The Morgan fingerprint density at radius 1 is 1.19 bits per heavy atom. The van der Waals surface area contributed by atoms with E-state index in [0.717, 1.165) is 6.08 Å². The molecule has 31 heavy (non-hydrogen) atoms. The van der Waals surface area contributed by atoms with E-state index in [0.29, 0.717) is 34.0 Å². The molecule has 9 heteroatoms. The summed E-state index contributed by atoms with van der Waals surface area (Å²) in [4.78, 5) is 24.3. The third-order valence-corrected chi connectivity index (χ3v) is 4.91. The summed E-state index contributed by atoms with van der Waals surface area (Å²) in [6.07, 6.45) is 2.62. The van der Waals surface area contributed by atoms with Crippen molar-refractivity contribution < 1.29 is 28.2 Å². The van der Waals surface area contributed by atoms with Crippen LogP contribution in [-0.4, -0.2) is 34.9 Å². The van der Waals surface area contributed by atoms with Gasteiger partial charge in [0, 0.05) is 17.2 Å². The van der Waals surface area contributed by atoms with Crippen molar-refractivity contribution in [3.05, 3.63) is 76.3 Å². The molecule has 1 aromatic heterocycles. The molecule has 0 amide bonds. The van der Waals surface area contributed by atoms with Gasteiger partial charge in [-0.1, -0.05) is 11.6 Å². The molecule has 0 unspecified atom stereocenters. The molecular formula is C22H16ClFN2O5. The van der Waals surface area contributed by atoms with E-state index in [9.17, 15) is 14.0 Å². The lowest BCUT2D eigenvalue weighted by molar-refractivity contribution is -0.136. The lowest BCUT2D eigenvalue weighted by Crippen LogP contribution is -2.12. The van der Waals surface area contributed by atoms with Crippen LogP contribution in [0.15, 0.2) is 48.5 Å². The number of carbonyl (C=O) groups is 2. The SMILES string of the molecule is Cc1nn(-c2ccc(F)cc2)c(Cl)c1/C=C/C(=O)OCC(=O)c1ccc2c(c1)OCO2. The number of aryl methyl sites for hydroxylation is 1. The van der Waals surface area contributed by atoms with Gasteiger partial charge in [0.15, 0.2) is 23.9 Å². The number of Topliss-reactive ketones (excluding diaryl/α,β-unsaturated/α-hetero) is 1. The first-order chi connectivity index (χ1) is 14.9. The van der Waals surface area contributed by atoms with E-state index in [1.54, 1.807) is 25.1 Å². The second-order valence-corrected chi connectivity index (χ2v) is 6.97. The van der Waals surface area contributed by atoms with Gasteiger partial charge in [-0.3, -0.25) is 4.79 Å². The Bertz CT molecular complexity index is 1190. The van der Waals surface area contributed by atoms with E-state index in [2.05, 4.69) is 5.10 Å². The molecule has 0 spiro atoms. The molecule has 1 aliphatic heterocycles. The minimum absolute atomic E-state index is 0.104. The number of hydrogen-bond acceptors (Lipinski definition) is 6. The van der Waals surface area contributed by atoms with Crippen LogP contribution in [-0.2, 0) is 9.53 Å². The summed E-state index contributed by atoms with van der Waals surface area (Å²) in [5.41, 5.74) is 1.99. The van der Waals surface area contributed by atoms with Gasteiger partial charge in [-0.2, -0.15) is 5.10 Å². The van der Waals surface area contributed by atoms with Gasteiger partial charge in [-0.15, -0.1) is 0 Å². The summed E-state index contributed by atoms with van der Waals surface area (Å²) >= 11 is 6.37. The van der Waals surface area contributed by atoms with Gasteiger partial charge in [0.05, 0.1) is 11.4 Å². The number of aromatic nitrogens is 2. The van der Waals surface area contributed by atoms with Gasteiger partial charge in [-0.05, 0) is 55.5 Å². The number of nitrogens with zero attached hydrogens (tertiary/aromatic N) is 2. The molecule has 0 N–H and O–H groups in total. The maximum absolute atomic E-state index is 13.1. The lowest BCUT2D eigenvalue weighted by Gasteiger charge is -2.03. The van der Waals surface area contributed by atoms with Crippen molar-refractivity contribution in [2.45, 2.75) is 6.92 Å². The highest BCUT2D eigenvalue weighted by atomic mass is 35.5. The van der Waals surface area contributed by atoms with Crippen molar-refractivity contribution in [1.29, 1.82) is 0 Å². The standard InChI is InChI=1S/C22H16ClFN2O5/c1-13-17(22(23)26(25-13)16-5-3-15(24)4-6-16)7-9-21(28)29-11-18(27)14-2-8-19-20(10-14)31-12-30-19/h2-10H,11-12H2,1H3/b9-7+. The summed E-state index contributed by atoms with van der Waals surface area (Å²) in [6, 6.07) is 10.4. The zero-order valence-electron chi connectivity index (χ0n) is 16.3. The predicted octanol–water partition coefficient (Wildman–Crippen LogP) is 4.14. The van der Waals surface area contributed by atoms with Crippen LogP contribution in [0, 0.1) is 12.7 Å². The number of rotatable bonds is 6. The fourth-order valence-electron chi connectivity index (χ4n) is 2.94. The molecule has 158 valence electrons. The van der Waals surface area contributed by atoms with Gasteiger partial charge in [-0.25, -0.2) is 13.9 Å². The van der Waals surface area contributed by atoms with Gasteiger partial charge in [0.25, 0.3) is 0 Å². The van der Waals surface area contributed by atoms with E-state index in [1.807, 2.05) is 0 Å². The fourth-order valence-corrected chi connectivity index (χ4v) is 3.28. The number of benzene rings is 2. The van der Waals surface area contributed by atoms with Crippen LogP contribution in [0.5, 0.6) is 11.5 Å². The Balaban J connectivity index is 1.40. The molecule has 0 atom stereocenters. The number of fused-ring (bicyclic) bond motifs is 1. The molecule has 0 bridgehead atoms. The summed E-state index contributed by atoms with van der Waals surface area (Å²) < 4.78 is 30.0. The van der Waals surface area contributed by atoms with Crippen LogP contribution in [0.4, 0.5) is 4.39 Å². The molecule has 0 saturated carbocycles. The summed E-state index contributed by atoms with van der Waals surface area (Å²) in [5.74, 6) is -0.426. The Morgan fingerprint density at radius 3 is 2.71 bits per heavy atom. The lowest BCUT2D eigenvalue weighted by atomic mass is 10.1. The van der Waals surface area contributed by atoms with Gasteiger partial charge >= 0.3 is 5.97 Å². The average Bonchev–Trinajstić information content (AvgIpc) is 3.34. The third-order valence-electron chi connectivity index (χ3n) is 4.55. The number of hydrogen-bond donors (Lipinski definition) is 0. The Labute approximate surface area is 181 Å². The Hall–Kier alpha value is -3.65. The van der Waals surface area contributed by atoms with E-state index in [-0.39, 0.29) is 23.5 Å². The van der Waals surface area contributed by atoms with Crippen LogP contribution in [0.25, 0.3) is 11.8 Å². The molecule has 7 nitrogen and oxygen atoms in total. The highest BCUT2D eigenvalue weighted by molar-refractivity contribution is 6.31. The van der Waals surface area contributed by atoms with Crippen LogP contribution in [0.3, 0.4) is 0 Å². The van der Waals surface area contributed by atoms with Crippen molar-refractivity contribution in [3.8, 4) is 17.2 Å². The highest BCUT2D eigenvalue weighted by Gasteiger charge is 2.17. The maximum atomic E-state index is 13.1. The first-order valence-corrected chi connectivity index (χ1v) is 9.59. The maximum Gasteiger partial charge on any atom is 0.331 e. The topological polar surface area (TPSA) is 79.7 Å². The molecule has 0 fully saturated rings. The smallest absolute Gasteiger partial charge is 0.331 e. The minimum Gasteiger partial charge on any atom is -0.454 e. The largest absolute Gasteiger partial charge is 0.454 e. The number of esters is 1. The minimum atomic E-state index is -0.709. The number of ether oxygens (including phenoxy) is 3. The number of ketones is 1. The van der Waals surface area contributed by atoms with Crippen LogP contribution in [0.2, 0.25) is 5.15 Å². The summed E-state index contributed by atoms with van der Waals surface area (Å²) in [5, 5.41) is 4.57. The van der Waals surface area contributed by atoms with Crippen LogP contribution in [0.1, 0.15) is 21.6 Å². The Kier molecular flexibility index (Phi) is 5.73.